The van der Waals surface area contributed by atoms with Crippen LogP contribution in [0.5, 0.6) is 0 Å². The maximum absolute atomic E-state index is 11.9. The van der Waals surface area contributed by atoms with Gasteiger partial charge in [0.2, 0.25) is 0 Å². The highest BCUT2D eigenvalue weighted by Crippen LogP contribution is 2.23. The highest BCUT2D eigenvalue weighted by molar-refractivity contribution is 7.99. The molecule has 144 valence electrons. The molecule has 0 atom stereocenters. The number of carbonyl (C=O) groups is 3. The second-order valence-electron chi connectivity index (χ2n) is 5.51. The van der Waals surface area contributed by atoms with Crippen molar-refractivity contribution in [1.29, 1.82) is 0 Å². The quantitative estimate of drug-likeness (QED) is 0.476. The minimum Gasteiger partial charge on any atom is -0.465 e. The van der Waals surface area contributed by atoms with Crippen molar-refractivity contribution in [2.45, 2.75) is 5.22 Å². The minimum atomic E-state index is -0.566. The van der Waals surface area contributed by atoms with Crippen molar-refractivity contribution in [2.24, 2.45) is 0 Å². The number of nitrogens with zero attached hydrogens (tertiary/aromatic N) is 1. The van der Waals surface area contributed by atoms with Gasteiger partial charge in [-0.1, -0.05) is 23.9 Å². The Balaban J connectivity index is 1.42. The van der Waals surface area contributed by atoms with Crippen LogP contribution in [0.2, 0.25) is 0 Å². The Labute approximate surface area is 164 Å². The fraction of sp³-hybridized carbons (Fsp3) is 0.158. The number of anilines is 1. The van der Waals surface area contributed by atoms with Gasteiger partial charge in [0.05, 0.1) is 12.7 Å². The van der Waals surface area contributed by atoms with Gasteiger partial charge in [0, 0.05) is 5.69 Å². The molecule has 1 aromatic heterocycles. The van der Waals surface area contributed by atoms with E-state index in [0.717, 1.165) is 11.8 Å². The molecule has 0 spiro atoms. The third-order valence-electron chi connectivity index (χ3n) is 3.54. The zero-order valence-electron chi connectivity index (χ0n) is 14.8. The first-order valence-electron chi connectivity index (χ1n) is 8.17. The van der Waals surface area contributed by atoms with E-state index in [0.29, 0.717) is 27.6 Å². The number of ether oxygens (including phenoxy) is 2. The van der Waals surface area contributed by atoms with Crippen LogP contribution in [0.15, 0.2) is 58.2 Å². The zero-order valence-corrected chi connectivity index (χ0v) is 15.7. The standard InChI is InChI=1S/C19H16N2O6S/c1-25-18(24)12-6-8-13(9-7-12)20-16(22)10-26-17(23)11-28-19-21-14-4-2-3-5-15(14)27-19/h2-9H,10-11H2,1H3,(H,20,22). The van der Waals surface area contributed by atoms with Crippen LogP contribution in [0.1, 0.15) is 10.4 Å². The lowest BCUT2D eigenvalue weighted by atomic mass is 10.2. The number of carbonyl (C=O) groups excluding carboxylic acids is 3. The molecular weight excluding hydrogens is 384 g/mol. The molecule has 1 heterocycles. The van der Waals surface area contributed by atoms with Gasteiger partial charge in [-0.3, -0.25) is 9.59 Å². The molecule has 3 aromatic rings. The van der Waals surface area contributed by atoms with Crippen LogP contribution < -0.4 is 5.32 Å². The molecule has 28 heavy (non-hydrogen) atoms. The molecule has 8 nitrogen and oxygen atoms in total. The minimum absolute atomic E-state index is 0.0338. The smallest absolute Gasteiger partial charge is 0.337 e. The third kappa shape index (κ3) is 5.10. The average molecular weight is 400 g/mol. The van der Waals surface area contributed by atoms with Crippen LogP contribution in [0.3, 0.4) is 0 Å². The molecule has 9 heteroatoms. The van der Waals surface area contributed by atoms with Crippen molar-refractivity contribution in [2.75, 3.05) is 24.8 Å². The van der Waals surface area contributed by atoms with Gasteiger partial charge in [0.15, 0.2) is 12.2 Å². The first-order chi connectivity index (χ1) is 13.5. The van der Waals surface area contributed by atoms with Crippen molar-refractivity contribution < 1.29 is 28.3 Å². The summed E-state index contributed by atoms with van der Waals surface area (Å²) in [6.45, 7) is -0.425. The van der Waals surface area contributed by atoms with Crippen LogP contribution in [0.25, 0.3) is 11.1 Å². The number of fused-ring (bicyclic) bond motifs is 1. The Hall–Kier alpha value is -3.33. The van der Waals surface area contributed by atoms with E-state index < -0.39 is 24.5 Å². The summed E-state index contributed by atoms with van der Waals surface area (Å²) in [7, 11) is 1.29. The molecule has 0 aliphatic heterocycles. The van der Waals surface area contributed by atoms with Crippen molar-refractivity contribution >= 4 is 46.4 Å². The molecule has 3 rings (SSSR count). The van der Waals surface area contributed by atoms with Crippen LogP contribution in [-0.2, 0) is 19.1 Å². The van der Waals surface area contributed by atoms with Crippen LogP contribution in [0.4, 0.5) is 5.69 Å². The summed E-state index contributed by atoms with van der Waals surface area (Å²) in [5.41, 5.74) is 2.17. The number of rotatable bonds is 7. The van der Waals surface area contributed by atoms with Crippen molar-refractivity contribution in [3.63, 3.8) is 0 Å². The maximum atomic E-state index is 11.9. The second-order valence-corrected chi connectivity index (χ2v) is 6.44. The van der Waals surface area contributed by atoms with E-state index in [1.165, 1.54) is 19.2 Å². The Morgan fingerprint density at radius 3 is 2.57 bits per heavy atom. The number of amides is 1. The normalized spacial score (nSPS) is 10.5. The van der Waals surface area contributed by atoms with Gasteiger partial charge >= 0.3 is 11.9 Å². The molecule has 1 amide bonds. The Bertz CT molecular complexity index is 966. The second kappa shape index (κ2) is 9.05. The SMILES string of the molecule is COC(=O)c1ccc(NC(=O)COC(=O)CSc2nc3ccccc3o2)cc1. The number of thioether (sulfide) groups is 1. The highest BCUT2D eigenvalue weighted by Gasteiger charge is 2.12. The molecule has 2 aromatic carbocycles. The fourth-order valence-corrected chi connectivity index (χ4v) is 2.86. The summed E-state index contributed by atoms with van der Waals surface area (Å²) in [6, 6.07) is 13.4. The molecule has 0 saturated heterocycles. The van der Waals surface area contributed by atoms with E-state index in [-0.39, 0.29) is 5.75 Å². The van der Waals surface area contributed by atoms with E-state index in [2.05, 4.69) is 15.0 Å². The van der Waals surface area contributed by atoms with Gasteiger partial charge in [-0.05, 0) is 36.4 Å². The number of hydrogen-bond acceptors (Lipinski definition) is 8. The van der Waals surface area contributed by atoms with Gasteiger partial charge < -0.3 is 19.2 Å². The predicted octanol–water partition coefficient (Wildman–Crippen LogP) is 2.89. The van der Waals surface area contributed by atoms with Crippen LogP contribution in [-0.4, -0.2) is 42.3 Å². The topological polar surface area (TPSA) is 108 Å². The average Bonchev–Trinajstić information content (AvgIpc) is 3.13. The summed E-state index contributed by atoms with van der Waals surface area (Å²) in [5.74, 6) is -1.56. The highest BCUT2D eigenvalue weighted by atomic mass is 32.2. The molecule has 0 bridgehead atoms. The Morgan fingerprint density at radius 2 is 1.86 bits per heavy atom. The largest absolute Gasteiger partial charge is 0.465 e. The van der Waals surface area contributed by atoms with Crippen LogP contribution >= 0.6 is 11.8 Å². The molecule has 0 aliphatic carbocycles. The first kappa shape index (κ1) is 19.4. The van der Waals surface area contributed by atoms with Gasteiger partial charge in [-0.2, -0.15) is 0 Å². The van der Waals surface area contributed by atoms with Crippen molar-refractivity contribution in [3.05, 3.63) is 54.1 Å². The van der Waals surface area contributed by atoms with Gasteiger partial charge in [0.25, 0.3) is 11.1 Å². The summed E-state index contributed by atoms with van der Waals surface area (Å²) in [4.78, 5) is 39.3. The number of benzene rings is 2. The monoisotopic (exact) mass is 400 g/mol. The molecule has 0 aliphatic rings. The lowest BCUT2D eigenvalue weighted by Crippen LogP contribution is -2.21. The molecule has 0 unspecified atom stereocenters. The molecular formula is C19H16N2O6S. The van der Waals surface area contributed by atoms with E-state index in [1.54, 1.807) is 18.2 Å². The lowest BCUT2D eigenvalue weighted by molar-refractivity contribution is -0.144. The zero-order chi connectivity index (χ0) is 19.9. The number of aromatic nitrogens is 1. The van der Waals surface area contributed by atoms with E-state index >= 15 is 0 Å². The molecule has 0 radical (unpaired) electrons. The predicted molar refractivity (Wildman–Crippen MR) is 102 cm³/mol. The van der Waals surface area contributed by atoms with Gasteiger partial charge in [-0.25, -0.2) is 9.78 Å². The van der Waals surface area contributed by atoms with E-state index in [4.69, 9.17) is 9.15 Å². The van der Waals surface area contributed by atoms with Crippen molar-refractivity contribution in [3.8, 4) is 0 Å². The number of para-hydroxylation sites is 2. The van der Waals surface area contributed by atoms with Gasteiger partial charge in [0.1, 0.15) is 11.3 Å². The summed E-state index contributed by atoms with van der Waals surface area (Å²) in [5, 5.41) is 2.92. The number of oxazole rings is 1. The lowest BCUT2D eigenvalue weighted by Gasteiger charge is -2.07. The maximum Gasteiger partial charge on any atom is 0.337 e. The Morgan fingerprint density at radius 1 is 1.11 bits per heavy atom. The molecule has 0 saturated carbocycles. The fourth-order valence-electron chi connectivity index (χ4n) is 2.23. The number of hydrogen-bond donors (Lipinski definition) is 1. The summed E-state index contributed by atoms with van der Waals surface area (Å²) < 4.78 is 15.0. The Kier molecular flexibility index (Phi) is 6.28. The summed E-state index contributed by atoms with van der Waals surface area (Å²) >= 11 is 1.09. The number of esters is 2. The van der Waals surface area contributed by atoms with Crippen molar-refractivity contribution in [1.82, 2.24) is 4.98 Å². The number of methoxy groups -OCH3 is 1. The number of nitrogens with one attached hydrogen (secondary N) is 1. The summed E-state index contributed by atoms with van der Waals surface area (Å²) in [6.07, 6.45) is 0. The van der Waals surface area contributed by atoms with E-state index in [9.17, 15) is 14.4 Å². The van der Waals surface area contributed by atoms with Gasteiger partial charge in [-0.15, -0.1) is 0 Å². The van der Waals surface area contributed by atoms with E-state index in [1.807, 2.05) is 18.2 Å². The third-order valence-corrected chi connectivity index (χ3v) is 4.34. The first-order valence-corrected chi connectivity index (χ1v) is 9.16. The molecule has 0 fully saturated rings. The van der Waals surface area contributed by atoms with Crippen LogP contribution in [0, 0.1) is 0 Å². The molecule has 1 N–H and O–H groups in total.